The molecule has 2 rings (SSSR count). The Labute approximate surface area is 135 Å². The first-order chi connectivity index (χ1) is 10.5. The molecule has 0 radical (unpaired) electrons. The fourth-order valence-corrected chi connectivity index (χ4v) is 3.66. The zero-order chi connectivity index (χ0) is 15.9. The third-order valence-electron chi connectivity index (χ3n) is 4.23. The van der Waals surface area contributed by atoms with Gasteiger partial charge in [0.15, 0.2) is 0 Å². The minimum Gasteiger partial charge on any atom is -0.326 e. The Hall–Kier alpha value is -1.20. The Morgan fingerprint density at radius 3 is 3.00 bits per heavy atom. The lowest BCUT2D eigenvalue weighted by Gasteiger charge is -2.28. The smallest absolute Gasteiger partial charge is 0.224 e. The standard InChI is InChI=1S/C17H26N2O2S/c1-13(15-6-4-8-18-11-15)9-17(20)19-16-7-3-5-14(10-16)12-22(2)21/h3,5,7,10,13,15,18H,4,6,8-9,11-12H2,1-2H3,(H,19,20). The van der Waals surface area contributed by atoms with Crippen molar-refractivity contribution in [3.05, 3.63) is 29.8 Å². The largest absolute Gasteiger partial charge is 0.326 e. The van der Waals surface area contributed by atoms with E-state index in [2.05, 4.69) is 17.6 Å². The third-order valence-corrected chi connectivity index (χ3v) is 4.97. The maximum absolute atomic E-state index is 12.2. The van der Waals surface area contributed by atoms with E-state index >= 15 is 0 Å². The number of anilines is 1. The van der Waals surface area contributed by atoms with Crippen molar-refractivity contribution < 1.29 is 9.00 Å². The maximum Gasteiger partial charge on any atom is 0.224 e. The van der Waals surface area contributed by atoms with E-state index in [0.29, 0.717) is 24.0 Å². The first-order valence-electron chi connectivity index (χ1n) is 7.94. The van der Waals surface area contributed by atoms with Crippen molar-refractivity contribution >= 4 is 22.4 Å². The second-order valence-corrected chi connectivity index (χ2v) is 7.69. The summed E-state index contributed by atoms with van der Waals surface area (Å²) in [6, 6.07) is 7.62. The lowest BCUT2D eigenvalue weighted by Crippen LogP contribution is -2.34. The highest BCUT2D eigenvalue weighted by Crippen LogP contribution is 2.23. The van der Waals surface area contributed by atoms with Crippen LogP contribution in [0.5, 0.6) is 0 Å². The minimum absolute atomic E-state index is 0.0628. The molecule has 1 amide bonds. The lowest BCUT2D eigenvalue weighted by molar-refractivity contribution is -0.117. The van der Waals surface area contributed by atoms with Crippen molar-refractivity contribution in [1.82, 2.24) is 5.32 Å². The summed E-state index contributed by atoms with van der Waals surface area (Å²) in [5.41, 5.74) is 1.78. The van der Waals surface area contributed by atoms with Crippen molar-refractivity contribution in [2.24, 2.45) is 11.8 Å². The fraction of sp³-hybridized carbons (Fsp3) is 0.588. The molecule has 3 atom stereocenters. The Morgan fingerprint density at radius 2 is 2.32 bits per heavy atom. The van der Waals surface area contributed by atoms with Crippen molar-refractivity contribution in [3.8, 4) is 0 Å². The average Bonchev–Trinajstić information content (AvgIpc) is 2.47. The van der Waals surface area contributed by atoms with Crippen LogP contribution < -0.4 is 10.6 Å². The first-order valence-corrected chi connectivity index (χ1v) is 9.67. The summed E-state index contributed by atoms with van der Waals surface area (Å²) >= 11 is 0. The second kappa shape index (κ2) is 8.44. The molecular formula is C17H26N2O2S. The van der Waals surface area contributed by atoms with Crippen LogP contribution >= 0.6 is 0 Å². The fourth-order valence-electron chi connectivity index (χ4n) is 3.01. The Bertz CT molecular complexity index is 527. The van der Waals surface area contributed by atoms with E-state index in [4.69, 9.17) is 0 Å². The summed E-state index contributed by atoms with van der Waals surface area (Å²) in [6.07, 6.45) is 4.65. The maximum atomic E-state index is 12.2. The van der Waals surface area contributed by atoms with Gasteiger partial charge in [-0.15, -0.1) is 0 Å². The molecule has 0 bridgehead atoms. The molecule has 1 aromatic rings. The van der Waals surface area contributed by atoms with Gasteiger partial charge in [-0.1, -0.05) is 19.1 Å². The molecule has 5 heteroatoms. The number of benzene rings is 1. The lowest BCUT2D eigenvalue weighted by atomic mass is 9.85. The van der Waals surface area contributed by atoms with Crippen molar-refractivity contribution in [3.63, 3.8) is 0 Å². The molecule has 1 aliphatic rings. The summed E-state index contributed by atoms with van der Waals surface area (Å²) < 4.78 is 11.3. The monoisotopic (exact) mass is 322 g/mol. The molecule has 1 aromatic carbocycles. The van der Waals surface area contributed by atoms with Crippen molar-refractivity contribution in [1.29, 1.82) is 0 Å². The number of rotatable bonds is 6. The first kappa shape index (κ1) is 17.2. The predicted octanol–water partition coefficient (Wildman–Crippen LogP) is 2.53. The van der Waals surface area contributed by atoms with Gasteiger partial charge in [0.25, 0.3) is 0 Å². The van der Waals surface area contributed by atoms with Crippen LogP contribution in [0.25, 0.3) is 0 Å². The summed E-state index contributed by atoms with van der Waals surface area (Å²) in [7, 11) is -0.870. The summed E-state index contributed by atoms with van der Waals surface area (Å²) in [4.78, 5) is 12.2. The predicted molar refractivity (Wildman–Crippen MR) is 92.2 cm³/mol. The van der Waals surface area contributed by atoms with Gasteiger partial charge in [0.05, 0.1) is 0 Å². The molecule has 22 heavy (non-hydrogen) atoms. The summed E-state index contributed by atoms with van der Waals surface area (Å²) in [5, 5.41) is 6.37. The normalized spacial score (nSPS) is 21.1. The van der Waals surface area contributed by atoms with E-state index in [1.54, 1.807) is 6.26 Å². The third kappa shape index (κ3) is 5.54. The van der Waals surface area contributed by atoms with Gasteiger partial charge >= 0.3 is 0 Å². The van der Waals surface area contributed by atoms with Crippen LogP contribution in [0.2, 0.25) is 0 Å². The number of carbonyl (C=O) groups excluding carboxylic acids is 1. The van der Waals surface area contributed by atoms with Gasteiger partial charge in [0, 0.05) is 34.9 Å². The van der Waals surface area contributed by atoms with Crippen molar-refractivity contribution in [2.45, 2.75) is 31.9 Å². The van der Waals surface area contributed by atoms with Crippen LogP contribution in [-0.2, 0) is 21.3 Å². The molecule has 0 aromatic heterocycles. The van der Waals surface area contributed by atoms with Gasteiger partial charge in [-0.2, -0.15) is 0 Å². The van der Waals surface area contributed by atoms with E-state index in [9.17, 15) is 9.00 Å². The Kier molecular flexibility index (Phi) is 6.58. The molecule has 1 saturated heterocycles. The molecule has 4 nitrogen and oxygen atoms in total. The highest BCUT2D eigenvalue weighted by molar-refractivity contribution is 7.83. The zero-order valence-electron chi connectivity index (χ0n) is 13.4. The Balaban J connectivity index is 1.87. The molecule has 3 unspecified atom stereocenters. The Morgan fingerprint density at radius 1 is 1.50 bits per heavy atom. The van der Waals surface area contributed by atoms with E-state index in [1.807, 2.05) is 24.3 Å². The van der Waals surface area contributed by atoms with Gasteiger partial charge in [0.2, 0.25) is 5.91 Å². The average molecular weight is 322 g/mol. The molecule has 2 N–H and O–H groups in total. The van der Waals surface area contributed by atoms with Gasteiger partial charge in [-0.05, 0) is 55.5 Å². The van der Waals surface area contributed by atoms with E-state index in [0.717, 1.165) is 24.3 Å². The topological polar surface area (TPSA) is 58.2 Å². The highest BCUT2D eigenvalue weighted by atomic mass is 32.2. The SMILES string of the molecule is CC(CC(=O)Nc1cccc(CS(C)=O)c1)C1CCCNC1. The van der Waals surface area contributed by atoms with Crippen LogP contribution in [0, 0.1) is 11.8 Å². The second-order valence-electron chi connectivity index (χ2n) is 6.25. The number of carbonyl (C=O) groups is 1. The summed E-state index contributed by atoms with van der Waals surface area (Å²) in [5.74, 6) is 1.56. The van der Waals surface area contributed by atoms with Gasteiger partial charge in [0.1, 0.15) is 0 Å². The highest BCUT2D eigenvalue weighted by Gasteiger charge is 2.22. The number of hydrogen-bond acceptors (Lipinski definition) is 3. The number of nitrogens with one attached hydrogen (secondary N) is 2. The zero-order valence-corrected chi connectivity index (χ0v) is 14.2. The number of piperidine rings is 1. The van der Waals surface area contributed by atoms with Crippen LogP contribution in [-0.4, -0.2) is 29.5 Å². The molecule has 1 fully saturated rings. The van der Waals surface area contributed by atoms with Crippen molar-refractivity contribution in [2.75, 3.05) is 24.7 Å². The molecule has 0 aliphatic carbocycles. The molecule has 1 aliphatic heterocycles. The van der Waals surface area contributed by atoms with E-state index in [1.165, 1.54) is 12.8 Å². The number of amides is 1. The molecule has 122 valence electrons. The van der Waals surface area contributed by atoms with Gasteiger partial charge < -0.3 is 10.6 Å². The van der Waals surface area contributed by atoms with Gasteiger partial charge in [-0.25, -0.2) is 0 Å². The number of hydrogen-bond donors (Lipinski definition) is 2. The van der Waals surface area contributed by atoms with Crippen LogP contribution in [0.3, 0.4) is 0 Å². The quantitative estimate of drug-likeness (QED) is 0.846. The molecule has 0 spiro atoms. The molecule has 1 heterocycles. The van der Waals surface area contributed by atoms with Gasteiger partial charge in [-0.3, -0.25) is 9.00 Å². The molecule has 0 saturated carbocycles. The molecular weight excluding hydrogens is 296 g/mol. The van der Waals surface area contributed by atoms with E-state index < -0.39 is 10.8 Å². The van der Waals surface area contributed by atoms with Crippen LogP contribution in [0.15, 0.2) is 24.3 Å². The minimum atomic E-state index is -0.870. The summed E-state index contributed by atoms with van der Waals surface area (Å²) in [6.45, 7) is 4.28. The van der Waals surface area contributed by atoms with Crippen LogP contribution in [0.4, 0.5) is 5.69 Å². The van der Waals surface area contributed by atoms with Crippen LogP contribution in [0.1, 0.15) is 31.7 Å². The van der Waals surface area contributed by atoms with E-state index in [-0.39, 0.29) is 5.91 Å².